The van der Waals surface area contributed by atoms with Gasteiger partial charge in [-0.05, 0) is 30.7 Å². The van der Waals surface area contributed by atoms with E-state index in [0.717, 1.165) is 12.8 Å². The maximum absolute atomic E-state index is 12.5. The topological polar surface area (TPSA) is 87.7 Å². The van der Waals surface area contributed by atoms with E-state index in [1.165, 1.54) is 4.90 Å². The van der Waals surface area contributed by atoms with Crippen molar-refractivity contribution in [2.24, 2.45) is 0 Å². The fourth-order valence-corrected chi connectivity index (χ4v) is 2.56. The van der Waals surface area contributed by atoms with Gasteiger partial charge in [-0.2, -0.15) is 0 Å². The van der Waals surface area contributed by atoms with Crippen molar-refractivity contribution < 1.29 is 19.1 Å². The Morgan fingerprint density at radius 3 is 2.76 bits per heavy atom. The smallest absolute Gasteiger partial charge is 0.322 e. The summed E-state index contributed by atoms with van der Waals surface area (Å²) in [5.41, 5.74) is 0.560. The summed E-state index contributed by atoms with van der Waals surface area (Å²) in [4.78, 5) is 37.9. The van der Waals surface area contributed by atoms with Crippen LogP contribution in [-0.4, -0.2) is 48.5 Å². The summed E-state index contributed by atoms with van der Waals surface area (Å²) >= 11 is 5.82. The molecule has 1 heterocycles. The van der Waals surface area contributed by atoms with Crippen molar-refractivity contribution in [2.45, 2.75) is 32.2 Å². The summed E-state index contributed by atoms with van der Waals surface area (Å²) in [5.74, 6) is -0.843. The van der Waals surface area contributed by atoms with Crippen molar-refractivity contribution in [3.63, 3.8) is 0 Å². The number of rotatable bonds is 6. The fourth-order valence-electron chi connectivity index (χ4n) is 2.44. The molecule has 1 atom stereocenters. The second-order valence-electron chi connectivity index (χ2n) is 5.72. The molecule has 3 amide bonds. The SMILES string of the molecule is CCCCOC(=O)CC1C(=O)NCCN1C(=O)Nc1ccc(Cl)cc1. The minimum Gasteiger partial charge on any atom is -0.466 e. The fraction of sp³-hybridized carbons (Fsp3) is 0.471. The van der Waals surface area contributed by atoms with Gasteiger partial charge in [-0.1, -0.05) is 24.9 Å². The third-order valence-corrected chi connectivity index (χ3v) is 4.06. The Labute approximate surface area is 151 Å². The normalized spacial score (nSPS) is 17.0. The molecule has 0 bridgehead atoms. The van der Waals surface area contributed by atoms with E-state index in [1.807, 2.05) is 6.92 Å². The highest BCUT2D eigenvalue weighted by atomic mass is 35.5. The second kappa shape index (κ2) is 9.27. The number of urea groups is 1. The largest absolute Gasteiger partial charge is 0.466 e. The van der Waals surface area contributed by atoms with Crippen LogP contribution in [0.4, 0.5) is 10.5 Å². The Bertz CT molecular complexity index is 621. The highest BCUT2D eigenvalue weighted by molar-refractivity contribution is 6.30. The number of carbonyl (C=O) groups excluding carboxylic acids is 3. The number of nitrogens with zero attached hydrogens (tertiary/aromatic N) is 1. The van der Waals surface area contributed by atoms with Crippen LogP contribution >= 0.6 is 11.6 Å². The van der Waals surface area contributed by atoms with Gasteiger partial charge in [0.2, 0.25) is 5.91 Å². The minimum atomic E-state index is -0.879. The molecule has 7 nitrogen and oxygen atoms in total. The lowest BCUT2D eigenvalue weighted by Crippen LogP contribution is -2.58. The molecule has 0 aromatic heterocycles. The Kier molecular flexibility index (Phi) is 7.06. The third-order valence-electron chi connectivity index (χ3n) is 3.81. The van der Waals surface area contributed by atoms with Crippen LogP contribution < -0.4 is 10.6 Å². The van der Waals surface area contributed by atoms with Crippen LogP contribution in [0, 0.1) is 0 Å². The van der Waals surface area contributed by atoms with Gasteiger partial charge < -0.3 is 20.3 Å². The van der Waals surface area contributed by atoms with Crippen LogP contribution in [0.15, 0.2) is 24.3 Å². The number of benzene rings is 1. The number of piperazine rings is 1. The molecule has 2 N–H and O–H groups in total. The number of esters is 1. The van der Waals surface area contributed by atoms with Crippen molar-refractivity contribution >= 4 is 35.2 Å². The maximum atomic E-state index is 12.5. The maximum Gasteiger partial charge on any atom is 0.322 e. The molecular weight excluding hydrogens is 346 g/mol. The van der Waals surface area contributed by atoms with Crippen molar-refractivity contribution in [1.29, 1.82) is 0 Å². The molecule has 0 saturated carbocycles. The van der Waals surface area contributed by atoms with Crippen molar-refractivity contribution in [3.05, 3.63) is 29.3 Å². The molecule has 0 spiro atoms. The molecule has 1 aromatic carbocycles. The zero-order valence-electron chi connectivity index (χ0n) is 14.1. The lowest BCUT2D eigenvalue weighted by Gasteiger charge is -2.34. The summed E-state index contributed by atoms with van der Waals surface area (Å²) in [7, 11) is 0. The molecule has 0 radical (unpaired) electrons. The predicted molar refractivity (Wildman–Crippen MR) is 94.5 cm³/mol. The minimum absolute atomic E-state index is 0.163. The number of hydrogen-bond donors (Lipinski definition) is 2. The molecule has 25 heavy (non-hydrogen) atoms. The standard InChI is InChI=1S/C17H22ClN3O4/c1-2-3-10-25-15(22)11-14-16(23)19-8-9-21(14)17(24)20-13-6-4-12(18)5-7-13/h4-7,14H,2-3,8-11H2,1H3,(H,19,23)(H,20,24). The molecule has 0 aliphatic carbocycles. The molecule has 136 valence electrons. The van der Waals surface area contributed by atoms with Gasteiger partial charge in [0.1, 0.15) is 6.04 Å². The van der Waals surface area contributed by atoms with Gasteiger partial charge in [-0.15, -0.1) is 0 Å². The van der Waals surface area contributed by atoms with Crippen molar-refractivity contribution in [1.82, 2.24) is 10.2 Å². The van der Waals surface area contributed by atoms with Gasteiger partial charge in [-0.3, -0.25) is 9.59 Å². The second-order valence-corrected chi connectivity index (χ2v) is 6.15. The highest BCUT2D eigenvalue weighted by Crippen LogP contribution is 2.16. The first kappa shape index (κ1) is 19.1. The lowest BCUT2D eigenvalue weighted by molar-refractivity contribution is -0.147. The van der Waals surface area contributed by atoms with Crippen molar-refractivity contribution in [3.8, 4) is 0 Å². The summed E-state index contributed by atoms with van der Waals surface area (Å²) in [5, 5.41) is 5.94. The molecular formula is C17H22ClN3O4. The lowest BCUT2D eigenvalue weighted by atomic mass is 10.1. The molecule has 1 unspecified atom stereocenters. The van der Waals surface area contributed by atoms with Crippen LogP contribution in [0.25, 0.3) is 0 Å². The summed E-state index contributed by atoms with van der Waals surface area (Å²) in [6, 6.07) is 5.32. The van der Waals surface area contributed by atoms with E-state index in [9.17, 15) is 14.4 Å². The average Bonchev–Trinajstić information content (AvgIpc) is 2.59. The van der Waals surface area contributed by atoms with Gasteiger partial charge >= 0.3 is 12.0 Å². The van der Waals surface area contributed by atoms with Crippen LogP contribution in [0.2, 0.25) is 5.02 Å². The number of anilines is 1. The van der Waals surface area contributed by atoms with Crippen LogP contribution in [-0.2, 0) is 14.3 Å². The van der Waals surface area contributed by atoms with Crippen LogP contribution in [0.5, 0.6) is 0 Å². The Morgan fingerprint density at radius 2 is 2.08 bits per heavy atom. The number of halogens is 1. The number of ether oxygens (including phenoxy) is 1. The first-order valence-corrected chi connectivity index (χ1v) is 8.65. The Balaban J connectivity index is 1.99. The van der Waals surface area contributed by atoms with E-state index in [4.69, 9.17) is 16.3 Å². The zero-order valence-corrected chi connectivity index (χ0v) is 14.8. The van der Waals surface area contributed by atoms with Gasteiger partial charge in [-0.25, -0.2) is 4.79 Å². The van der Waals surface area contributed by atoms with Gasteiger partial charge in [0.15, 0.2) is 0 Å². The Morgan fingerprint density at radius 1 is 1.36 bits per heavy atom. The predicted octanol–water partition coefficient (Wildman–Crippen LogP) is 2.41. The average molecular weight is 368 g/mol. The molecule has 1 saturated heterocycles. The van der Waals surface area contributed by atoms with Crippen LogP contribution in [0.3, 0.4) is 0 Å². The molecule has 8 heteroatoms. The number of hydrogen-bond acceptors (Lipinski definition) is 4. The van der Waals surface area contributed by atoms with Gasteiger partial charge in [0, 0.05) is 23.8 Å². The highest BCUT2D eigenvalue weighted by Gasteiger charge is 2.35. The monoisotopic (exact) mass is 367 g/mol. The van der Waals surface area contributed by atoms with Gasteiger partial charge in [0.25, 0.3) is 0 Å². The summed E-state index contributed by atoms with van der Waals surface area (Å²) in [6.07, 6.45) is 1.51. The van der Waals surface area contributed by atoms with E-state index in [0.29, 0.717) is 30.4 Å². The number of amides is 3. The summed E-state index contributed by atoms with van der Waals surface area (Å²) in [6.45, 7) is 2.97. The van der Waals surface area contributed by atoms with E-state index >= 15 is 0 Å². The van der Waals surface area contributed by atoms with Crippen LogP contribution in [0.1, 0.15) is 26.2 Å². The molecule has 1 aromatic rings. The van der Waals surface area contributed by atoms with Crippen molar-refractivity contribution in [2.75, 3.05) is 25.0 Å². The third kappa shape index (κ3) is 5.63. The van der Waals surface area contributed by atoms with E-state index in [2.05, 4.69) is 10.6 Å². The number of unbranched alkanes of at least 4 members (excludes halogenated alkanes) is 1. The zero-order chi connectivity index (χ0) is 18.2. The van der Waals surface area contributed by atoms with E-state index in [1.54, 1.807) is 24.3 Å². The Hall–Kier alpha value is -2.28. The molecule has 1 fully saturated rings. The first-order chi connectivity index (χ1) is 12.0. The van der Waals surface area contributed by atoms with E-state index in [-0.39, 0.29) is 12.3 Å². The van der Waals surface area contributed by atoms with Gasteiger partial charge in [0.05, 0.1) is 13.0 Å². The molecule has 1 aliphatic heterocycles. The number of nitrogens with one attached hydrogen (secondary N) is 2. The number of carbonyl (C=O) groups is 3. The molecule has 2 rings (SSSR count). The summed E-state index contributed by atoms with van der Waals surface area (Å²) < 4.78 is 5.10. The quantitative estimate of drug-likeness (QED) is 0.597. The molecule has 1 aliphatic rings. The first-order valence-electron chi connectivity index (χ1n) is 8.27. The van der Waals surface area contributed by atoms with E-state index < -0.39 is 18.0 Å².